The highest BCUT2D eigenvalue weighted by molar-refractivity contribution is 5.90. The summed E-state index contributed by atoms with van der Waals surface area (Å²) in [7, 11) is 1.34. The molecule has 0 aliphatic rings. The quantitative estimate of drug-likeness (QED) is 0.824. The Labute approximate surface area is 98.4 Å². The second-order valence-electron chi connectivity index (χ2n) is 3.50. The van der Waals surface area contributed by atoms with E-state index in [1.165, 1.54) is 7.11 Å². The van der Waals surface area contributed by atoms with Crippen molar-refractivity contribution < 1.29 is 19.1 Å². The van der Waals surface area contributed by atoms with Crippen molar-refractivity contribution in [2.45, 2.75) is 6.61 Å². The van der Waals surface area contributed by atoms with Crippen molar-refractivity contribution in [3.05, 3.63) is 47.7 Å². The van der Waals surface area contributed by atoms with Gasteiger partial charge in [0.25, 0.3) is 0 Å². The molecular weight excluding hydrogens is 220 g/mol. The lowest BCUT2D eigenvalue weighted by atomic mass is 10.1. The number of aliphatic hydroxyl groups is 1. The van der Waals surface area contributed by atoms with Gasteiger partial charge in [-0.05, 0) is 24.3 Å². The summed E-state index contributed by atoms with van der Waals surface area (Å²) in [6, 6.07) is 10.4. The molecule has 2 aromatic rings. The molecule has 2 rings (SSSR count). The van der Waals surface area contributed by atoms with Crippen LogP contribution >= 0.6 is 0 Å². The lowest BCUT2D eigenvalue weighted by Gasteiger charge is -2.01. The largest absolute Gasteiger partial charge is 0.465 e. The Morgan fingerprint density at radius 1 is 1.35 bits per heavy atom. The molecule has 0 saturated carbocycles. The molecule has 4 heteroatoms. The average Bonchev–Trinajstić information content (AvgIpc) is 2.86. The van der Waals surface area contributed by atoms with Gasteiger partial charge in [-0.25, -0.2) is 4.79 Å². The van der Waals surface area contributed by atoms with Crippen LogP contribution in [0.15, 0.2) is 40.8 Å². The number of aliphatic hydroxyl groups excluding tert-OH is 1. The van der Waals surface area contributed by atoms with Crippen LogP contribution in [-0.4, -0.2) is 18.2 Å². The molecule has 88 valence electrons. The molecule has 0 radical (unpaired) electrons. The Kier molecular flexibility index (Phi) is 3.25. The lowest BCUT2D eigenvalue weighted by Crippen LogP contribution is -2.00. The molecule has 0 bridgehead atoms. The molecule has 0 saturated heterocycles. The summed E-state index contributed by atoms with van der Waals surface area (Å²) < 4.78 is 10.0. The van der Waals surface area contributed by atoms with Gasteiger partial charge in [-0.2, -0.15) is 0 Å². The lowest BCUT2D eigenvalue weighted by molar-refractivity contribution is 0.0601. The Bertz CT molecular complexity index is 528. The maximum atomic E-state index is 11.4. The normalized spacial score (nSPS) is 10.2. The number of hydrogen-bond acceptors (Lipinski definition) is 4. The monoisotopic (exact) mass is 232 g/mol. The van der Waals surface area contributed by atoms with Crippen molar-refractivity contribution in [3.8, 4) is 11.3 Å². The highest BCUT2D eigenvalue weighted by Gasteiger charge is 2.09. The fraction of sp³-hybridized carbons (Fsp3) is 0.154. The van der Waals surface area contributed by atoms with Crippen LogP contribution < -0.4 is 0 Å². The molecule has 1 aromatic heterocycles. The third-order valence-electron chi connectivity index (χ3n) is 2.39. The number of carbonyl (C=O) groups excluding carboxylic acids is 1. The summed E-state index contributed by atoms with van der Waals surface area (Å²) in [6.07, 6.45) is 0. The molecular formula is C13H12O4. The molecule has 0 aliphatic heterocycles. The third-order valence-corrected chi connectivity index (χ3v) is 2.39. The predicted octanol–water partition coefficient (Wildman–Crippen LogP) is 2.23. The number of furan rings is 1. The van der Waals surface area contributed by atoms with Gasteiger partial charge >= 0.3 is 5.97 Å². The average molecular weight is 232 g/mol. The van der Waals surface area contributed by atoms with Gasteiger partial charge in [0.2, 0.25) is 0 Å². The smallest absolute Gasteiger partial charge is 0.337 e. The highest BCUT2D eigenvalue weighted by Crippen LogP contribution is 2.23. The van der Waals surface area contributed by atoms with E-state index < -0.39 is 0 Å². The molecule has 0 fully saturated rings. The summed E-state index contributed by atoms with van der Waals surface area (Å²) in [5.41, 5.74) is 1.24. The molecule has 1 heterocycles. The van der Waals surface area contributed by atoms with Gasteiger partial charge in [-0.1, -0.05) is 12.1 Å². The summed E-state index contributed by atoms with van der Waals surface area (Å²) in [6.45, 7) is -0.142. The highest BCUT2D eigenvalue weighted by atomic mass is 16.5. The van der Waals surface area contributed by atoms with Crippen LogP contribution in [0, 0.1) is 0 Å². The van der Waals surface area contributed by atoms with E-state index in [4.69, 9.17) is 9.52 Å². The summed E-state index contributed by atoms with van der Waals surface area (Å²) in [4.78, 5) is 11.4. The fourth-order valence-corrected chi connectivity index (χ4v) is 1.54. The number of hydrogen-bond donors (Lipinski definition) is 1. The minimum atomic E-state index is -0.388. The Morgan fingerprint density at radius 2 is 2.18 bits per heavy atom. The number of ether oxygens (including phenoxy) is 1. The van der Waals surface area contributed by atoms with Crippen molar-refractivity contribution in [3.63, 3.8) is 0 Å². The van der Waals surface area contributed by atoms with Crippen molar-refractivity contribution in [1.82, 2.24) is 0 Å². The first-order valence-electron chi connectivity index (χ1n) is 5.13. The van der Waals surface area contributed by atoms with Crippen LogP contribution in [0.4, 0.5) is 0 Å². The zero-order chi connectivity index (χ0) is 12.3. The Balaban J connectivity index is 2.35. The fourth-order valence-electron chi connectivity index (χ4n) is 1.54. The topological polar surface area (TPSA) is 59.7 Å². The van der Waals surface area contributed by atoms with Gasteiger partial charge in [0.05, 0.1) is 12.7 Å². The molecule has 0 atom stereocenters. The number of carbonyl (C=O) groups is 1. The van der Waals surface area contributed by atoms with Crippen LogP contribution in [0.2, 0.25) is 0 Å². The number of esters is 1. The minimum absolute atomic E-state index is 0.142. The van der Waals surface area contributed by atoms with Gasteiger partial charge in [0.15, 0.2) is 0 Å². The third kappa shape index (κ3) is 2.37. The van der Waals surface area contributed by atoms with E-state index >= 15 is 0 Å². The van der Waals surface area contributed by atoms with Crippen molar-refractivity contribution in [1.29, 1.82) is 0 Å². The molecule has 0 spiro atoms. The second-order valence-corrected chi connectivity index (χ2v) is 3.50. The van der Waals surface area contributed by atoms with E-state index in [2.05, 4.69) is 4.74 Å². The van der Waals surface area contributed by atoms with E-state index in [0.717, 1.165) is 5.56 Å². The maximum Gasteiger partial charge on any atom is 0.337 e. The molecule has 1 aromatic carbocycles. The number of benzene rings is 1. The first-order valence-corrected chi connectivity index (χ1v) is 5.13. The minimum Gasteiger partial charge on any atom is -0.465 e. The summed E-state index contributed by atoms with van der Waals surface area (Å²) in [5.74, 6) is 0.712. The van der Waals surface area contributed by atoms with Crippen molar-refractivity contribution >= 4 is 5.97 Å². The first-order chi connectivity index (χ1) is 8.24. The maximum absolute atomic E-state index is 11.4. The van der Waals surface area contributed by atoms with Gasteiger partial charge in [-0.3, -0.25) is 0 Å². The molecule has 0 aliphatic carbocycles. The van der Waals surface area contributed by atoms with Gasteiger partial charge in [0, 0.05) is 5.56 Å². The zero-order valence-corrected chi connectivity index (χ0v) is 9.34. The van der Waals surface area contributed by atoms with Crippen LogP contribution in [-0.2, 0) is 11.3 Å². The van der Waals surface area contributed by atoms with E-state index in [0.29, 0.717) is 17.1 Å². The van der Waals surface area contributed by atoms with E-state index in [9.17, 15) is 4.79 Å². The Morgan fingerprint density at radius 3 is 2.82 bits per heavy atom. The van der Waals surface area contributed by atoms with E-state index in [1.54, 1.807) is 30.3 Å². The van der Waals surface area contributed by atoms with E-state index in [-0.39, 0.29) is 12.6 Å². The van der Waals surface area contributed by atoms with Gasteiger partial charge < -0.3 is 14.3 Å². The summed E-state index contributed by atoms with van der Waals surface area (Å²) in [5, 5.41) is 8.91. The molecule has 4 nitrogen and oxygen atoms in total. The molecule has 0 amide bonds. The van der Waals surface area contributed by atoms with Crippen LogP contribution in [0.5, 0.6) is 0 Å². The van der Waals surface area contributed by atoms with E-state index in [1.807, 2.05) is 6.07 Å². The molecule has 0 unspecified atom stereocenters. The second kappa shape index (κ2) is 4.84. The van der Waals surface area contributed by atoms with Crippen LogP contribution in [0.25, 0.3) is 11.3 Å². The summed E-state index contributed by atoms with van der Waals surface area (Å²) >= 11 is 0. The standard InChI is InChI=1S/C13H12O4/c1-16-13(15)10-4-2-3-9(7-10)12-6-5-11(8-14)17-12/h2-7,14H,8H2,1H3. The van der Waals surface area contributed by atoms with Crippen LogP contribution in [0.3, 0.4) is 0 Å². The van der Waals surface area contributed by atoms with Crippen LogP contribution in [0.1, 0.15) is 16.1 Å². The van der Waals surface area contributed by atoms with Gasteiger partial charge in [0.1, 0.15) is 18.1 Å². The number of rotatable bonds is 3. The van der Waals surface area contributed by atoms with Gasteiger partial charge in [-0.15, -0.1) is 0 Å². The SMILES string of the molecule is COC(=O)c1cccc(-c2ccc(CO)o2)c1. The first kappa shape index (κ1) is 11.4. The van der Waals surface area contributed by atoms with Crippen molar-refractivity contribution in [2.75, 3.05) is 7.11 Å². The molecule has 17 heavy (non-hydrogen) atoms. The zero-order valence-electron chi connectivity index (χ0n) is 9.34. The number of methoxy groups -OCH3 is 1. The van der Waals surface area contributed by atoms with Crippen molar-refractivity contribution in [2.24, 2.45) is 0 Å². The predicted molar refractivity (Wildman–Crippen MR) is 61.4 cm³/mol. The Hall–Kier alpha value is -2.07. The molecule has 1 N–H and O–H groups in total.